The summed E-state index contributed by atoms with van der Waals surface area (Å²) in [5.41, 5.74) is 0.366. The molecule has 2 heterocycles. The van der Waals surface area contributed by atoms with E-state index in [0.717, 1.165) is 0 Å². The maximum Gasteiger partial charge on any atom is 0.358 e. The van der Waals surface area contributed by atoms with Crippen LogP contribution >= 0.6 is 11.6 Å². The molecule has 0 bridgehead atoms. The third-order valence-corrected chi connectivity index (χ3v) is 3.05. The SMILES string of the molecule is O=C(O)c1nc2ccc(Cl)cn2c1N=Nc1cccc(F)c1. The highest BCUT2D eigenvalue weighted by Gasteiger charge is 2.18. The van der Waals surface area contributed by atoms with Crippen LogP contribution in [0.15, 0.2) is 52.8 Å². The molecule has 0 unspecified atom stereocenters. The van der Waals surface area contributed by atoms with Gasteiger partial charge >= 0.3 is 5.97 Å². The minimum atomic E-state index is -1.24. The fraction of sp³-hybridized carbons (Fsp3) is 0. The minimum absolute atomic E-state index is 0.00858. The number of nitrogens with zero attached hydrogens (tertiary/aromatic N) is 4. The van der Waals surface area contributed by atoms with E-state index in [1.54, 1.807) is 18.2 Å². The fourth-order valence-electron chi connectivity index (χ4n) is 1.89. The quantitative estimate of drug-likeness (QED) is 0.733. The van der Waals surface area contributed by atoms with Gasteiger partial charge in [-0.2, -0.15) is 0 Å². The molecule has 0 saturated heterocycles. The minimum Gasteiger partial charge on any atom is -0.476 e. The number of carboxylic acids is 1. The van der Waals surface area contributed by atoms with Gasteiger partial charge in [-0.15, -0.1) is 10.2 Å². The van der Waals surface area contributed by atoms with Crippen molar-refractivity contribution in [2.75, 3.05) is 0 Å². The predicted molar refractivity (Wildman–Crippen MR) is 77.7 cm³/mol. The lowest BCUT2D eigenvalue weighted by molar-refractivity contribution is 0.0692. The van der Waals surface area contributed by atoms with E-state index in [-0.39, 0.29) is 17.2 Å². The number of imidazole rings is 1. The molecular weight excluding hydrogens is 311 g/mol. The van der Waals surface area contributed by atoms with Crippen LogP contribution in [0.25, 0.3) is 5.65 Å². The number of rotatable bonds is 3. The molecule has 3 rings (SSSR count). The largest absolute Gasteiger partial charge is 0.476 e. The summed E-state index contributed by atoms with van der Waals surface area (Å²) in [6.45, 7) is 0. The molecule has 0 aliphatic heterocycles. The van der Waals surface area contributed by atoms with Crippen LogP contribution in [-0.2, 0) is 0 Å². The van der Waals surface area contributed by atoms with Crippen LogP contribution in [0.5, 0.6) is 0 Å². The molecule has 1 N–H and O–H groups in total. The third-order valence-electron chi connectivity index (χ3n) is 2.83. The maximum absolute atomic E-state index is 13.1. The van der Waals surface area contributed by atoms with Gasteiger partial charge in [-0.25, -0.2) is 14.2 Å². The predicted octanol–water partition coefficient (Wildman–Crippen LogP) is 4.24. The maximum atomic E-state index is 13.1. The average Bonchev–Trinajstić information content (AvgIpc) is 2.83. The molecule has 0 fully saturated rings. The molecule has 22 heavy (non-hydrogen) atoms. The molecule has 0 aliphatic carbocycles. The van der Waals surface area contributed by atoms with E-state index in [2.05, 4.69) is 15.2 Å². The number of fused-ring (bicyclic) bond motifs is 1. The Kier molecular flexibility index (Phi) is 3.56. The number of benzene rings is 1. The number of aromatic nitrogens is 2. The van der Waals surface area contributed by atoms with Crippen molar-refractivity contribution in [2.24, 2.45) is 10.2 Å². The molecule has 0 radical (unpaired) electrons. The van der Waals surface area contributed by atoms with E-state index in [1.807, 2.05) is 0 Å². The smallest absolute Gasteiger partial charge is 0.358 e. The number of carboxylic acid groups (broad SMARTS) is 1. The number of carbonyl (C=O) groups is 1. The Morgan fingerprint density at radius 1 is 1.27 bits per heavy atom. The van der Waals surface area contributed by atoms with E-state index in [9.17, 15) is 14.3 Å². The van der Waals surface area contributed by atoms with Crippen LogP contribution < -0.4 is 0 Å². The molecular formula is C14H8ClFN4O2. The molecule has 0 spiro atoms. The van der Waals surface area contributed by atoms with Crippen LogP contribution in [0.3, 0.4) is 0 Å². The first-order valence-corrected chi connectivity index (χ1v) is 6.50. The number of azo groups is 1. The molecule has 8 heteroatoms. The van der Waals surface area contributed by atoms with Gasteiger partial charge in [0.1, 0.15) is 11.5 Å². The molecule has 0 amide bonds. The number of hydrogen-bond acceptors (Lipinski definition) is 4. The molecule has 0 atom stereocenters. The number of pyridine rings is 1. The Morgan fingerprint density at radius 3 is 2.82 bits per heavy atom. The lowest BCUT2D eigenvalue weighted by Gasteiger charge is -1.97. The highest BCUT2D eigenvalue weighted by Crippen LogP contribution is 2.26. The van der Waals surface area contributed by atoms with Crippen molar-refractivity contribution in [3.63, 3.8) is 0 Å². The molecule has 110 valence electrons. The first kappa shape index (κ1) is 14.2. The van der Waals surface area contributed by atoms with Gasteiger partial charge in [-0.05, 0) is 24.3 Å². The van der Waals surface area contributed by atoms with Gasteiger partial charge in [0.15, 0.2) is 11.5 Å². The van der Waals surface area contributed by atoms with Crippen LogP contribution in [0.2, 0.25) is 5.02 Å². The lowest BCUT2D eigenvalue weighted by atomic mass is 10.3. The monoisotopic (exact) mass is 318 g/mol. The molecule has 0 aliphatic rings. The van der Waals surface area contributed by atoms with Crippen molar-refractivity contribution in [1.29, 1.82) is 0 Å². The Balaban J connectivity index is 2.14. The van der Waals surface area contributed by atoms with Crippen molar-refractivity contribution in [1.82, 2.24) is 9.38 Å². The Labute approximate surface area is 128 Å². The number of hydrogen-bond donors (Lipinski definition) is 1. The van der Waals surface area contributed by atoms with Crippen LogP contribution in [0.1, 0.15) is 10.5 Å². The topological polar surface area (TPSA) is 79.3 Å². The zero-order valence-electron chi connectivity index (χ0n) is 10.9. The second kappa shape index (κ2) is 5.53. The molecule has 0 saturated carbocycles. The Hall–Kier alpha value is -2.80. The van der Waals surface area contributed by atoms with Gasteiger partial charge in [0.2, 0.25) is 0 Å². The summed E-state index contributed by atoms with van der Waals surface area (Å²) in [7, 11) is 0. The molecule has 3 aromatic rings. The Bertz CT molecular complexity index is 907. The summed E-state index contributed by atoms with van der Waals surface area (Å²) in [6.07, 6.45) is 1.48. The number of halogens is 2. The summed E-state index contributed by atoms with van der Waals surface area (Å²) in [5, 5.41) is 17.3. The summed E-state index contributed by atoms with van der Waals surface area (Å²) in [5.74, 6) is -1.70. The highest BCUT2D eigenvalue weighted by atomic mass is 35.5. The van der Waals surface area contributed by atoms with Gasteiger partial charge in [-0.3, -0.25) is 4.40 Å². The van der Waals surface area contributed by atoms with Crippen molar-refractivity contribution < 1.29 is 14.3 Å². The lowest BCUT2D eigenvalue weighted by Crippen LogP contribution is -1.96. The molecule has 6 nitrogen and oxygen atoms in total. The van der Waals surface area contributed by atoms with E-state index in [1.165, 1.54) is 28.8 Å². The van der Waals surface area contributed by atoms with Crippen molar-refractivity contribution in [3.05, 3.63) is 59.1 Å². The zero-order valence-corrected chi connectivity index (χ0v) is 11.7. The average molecular weight is 319 g/mol. The number of aromatic carboxylic acids is 1. The molecule has 1 aromatic carbocycles. The normalized spacial score (nSPS) is 11.4. The van der Waals surface area contributed by atoms with Gasteiger partial charge in [0.05, 0.1) is 10.7 Å². The summed E-state index contributed by atoms with van der Waals surface area (Å²) < 4.78 is 14.5. The van der Waals surface area contributed by atoms with Crippen molar-refractivity contribution >= 4 is 34.7 Å². The van der Waals surface area contributed by atoms with Crippen LogP contribution in [0, 0.1) is 5.82 Å². The zero-order chi connectivity index (χ0) is 15.7. The summed E-state index contributed by atoms with van der Waals surface area (Å²) >= 11 is 5.90. The van der Waals surface area contributed by atoms with E-state index in [4.69, 9.17) is 11.6 Å². The van der Waals surface area contributed by atoms with Crippen LogP contribution in [0.4, 0.5) is 15.9 Å². The summed E-state index contributed by atoms with van der Waals surface area (Å²) in [6, 6.07) is 8.63. The fourth-order valence-corrected chi connectivity index (χ4v) is 2.05. The van der Waals surface area contributed by atoms with Crippen molar-refractivity contribution in [2.45, 2.75) is 0 Å². The second-order valence-electron chi connectivity index (χ2n) is 4.34. The van der Waals surface area contributed by atoms with Crippen LogP contribution in [-0.4, -0.2) is 20.5 Å². The van der Waals surface area contributed by atoms with Gasteiger partial charge in [0, 0.05) is 12.3 Å². The first-order valence-electron chi connectivity index (χ1n) is 6.13. The van der Waals surface area contributed by atoms with E-state index < -0.39 is 11.8 Å². The van der Waals surface area contributed by atoms with E-state index >= 15 is 0 Å². The second-order valence-corrected chi connectivity index (χ2v) is 4.78. The Morgan fingerprint density at radius 2 is 2.09 bits per heavy atom. The van der Waals surface area contributed by atoms with Gasteiger partial charge < -0.3 is 5.11 Å². The standard InChI is InChI=1S/C14H8ClFN4O2/c15-8-4-5-11-17-12(14(21)22)13(20(11)7-8)19-18-10-3-1-2-9(16)6-10/h1-7H,(H,21,22). The molecule has 2 aromatic heterocycles. The van der Waals surface area contributed by atoms with Gasteiger partial charge in [0.25, 0.3) is 0 Å². The van der Waals surface area contributed by atoms with E-state index in [0.29, 0.717) is 10.7 Å². The van der Waals surface area contributed by atoms with Crippen molar-refractivity contribution in [3.8, 4) is 0 Å². The van der Waals surface area contributed by atoms with Gasteiger partial charge in [-0.1, -0.05) is 17.7 Å². The third kappa shape index (κ3) is 2.66. The first-order chi connectivity index (χ1) is 10.5. The highest BCUT2D eigenvalue weighted by molar-refractivity contribution is 6.30. The summed E-state index contributed by atoms with van der Waals surface area (Å²) in [4.78, 5) is 15.2.